The molecule has 1 aliphatic carbocycles. The van der Waals surface area contributed by atoms with Crippen LogP contribution in [0.5, 0.6) is 0 Å². The Morgan fingerprint density at radius 1 is 1.17 bits per heavy atom. The van der Waals surface area contributed by atoms with Gasteiger partial charge in [0.05, 0.1) is 19.6 Å². The van der Waals surface area contributed by atoms with E-state index in [1.54, 1.807) is 30.5 Å². The summed E-state index contributed by atoms with van der Waals surface area (Å²) in [5, 5.41) is 5.98. The Bertz CT molecular complexity index is 1300. The zero-order chi connectivity index (χ0) is 24.9. The Morgan fingerprint density at radius 2 is 2.00 bits per heavy atom. The van der Waals surface area contributed by atoms with Gasteiger partial charge in [-0.1, -0.05) is 24.3 Å². The highest BCUT2D eigenvalue weighted by Gasteiger charge is 2.19. The van der Waals surface area contributed by atoms with Gasteiger partial charge < -0.3 is 16.4 Å². The van der Waals surface area contributed by atoms with Gasteiger partial charge in [0.25, 0.3) is 5.91 Å². The second-order valence-electron chi connectivity index (χ2n) is 8.33. The number of rotatable bonds is 8. The molecular weight excluding hydrogens is 469 g/mol. The summed E-state index contributed by atoms with van der Waals surface area (Å²) in [5.74, 6) is -0.965. The van der Waals surface area contributed by atoms with Crippen molar-refractivity contribution in [3.8, 4) is 0 Å². The number of nitrogens with two attached hydrogens (primary N) is 1. The van der Waals surface area contributed by atoms with Gasteiger partial charge in [0.1, 0.15) is 5.82 Å². The Morgan fingerprint density at radius 3 is 2.74 bits per heavy atom. The van der Waals surface area contributed by atoms with Crippen LogP contribution in [0, 0.1) is 5.82 Å². The number of nitrogens with zero attached hydrogens (tertiary/aromatic N) is 2. The van der Waals surface area contributed by atoms with Gasteiger partial charge in [-0.05, 0) is 47.1 Å². The topological polar surface area (TPSA) is 109 Å². The zero-order valence-electron chi connectivity index (χ0n) is 19.0. The second-order valence-corrected chi connectivity index (χ2v) is 8.74. The number of allylic oxidation sites excluding steroid dienone is 3. The number of dihydropyridines is 1. The van der Waals surface area contributed by atoms with Crippen molar-refractivity contribution < 1.29 is 14.0 Å². The largest absolute Gasteiger partial charge is 0.350 e. The van der Waals surface area contributed by atoms with E-state index >= 15 is 0 Å². The molecule has 7 nitrogen and oxygen atoms in total. The van der Waals surface area contributed by atoms with E-state index < -0.39 is 5.82 Å². The smallest absolute Gasteiger partial charge is 0.251 e. The van der Waals surface area contributed by atoms with Crippen LogP contribution < -0.4 is 16.4 Å². The van der Waals surface area contributed by atoms with E-state index in [0.717, 1.165) is 17.0 Å². The number of halogens is 2. The summed E-state index contributed by atoms with van der Waals surface area (Å²) >= 11 is 6.21. The first-order valence-corrected chi connectivity index (χ1v) is 11.5. The molecule has 0 saturated carbocycles. The van der Waals surface area contributed by atoms with Gasteiger partial charge in [-0.2, -0.15) is 0 Å². The quantitative estimate of drug-likeness (QED) is 0.491. The Hall–Kier alpha value is -3.62. The summed E-state index contributed by atoms with van der Waals surface area (Å²) in [6.07, 6.45) is 6.54. The van der Waals surface area contributed by atoms with E-state index in [1.165, 1.54) is 6.07 Å². The van der Waals surface area contributed by atoms with Crippen molar-refractivity contribution in [1.82, 2.24) is 15.6 Å². The highest BCUT2D eigenvalue weighted by Crippen LogP contribution is 2.37. The number of aromatic nitrogens is 1. The molecule has 1 aliphatic heterocycles. The monoisotopic (exact) mass is 493 g/mol. The Balaban J connectivity index is 1.34. The number of hydrogen-bond donors (Lipinski definition) is 3. The predicted molar refractivity (Wildman–Crippen MR) is 135 cm³/mol. The lowest BCUT2D eigenvalue weighted by atomic mass is 10.0. The van der Waals surface area contributed by atoms with Crippen molar-refractivity contribution in [2.45, 2.75) is 19.4 Å². The molecule has 0 atom stereocenters. The van der Waals surface area contributed by atoms with E-state index in [4.69, 9.17) is 17.3 Å². The van der Waals surface area contributed by atoms with Gasteiger partial charge >= 0.3 is 0 Å². The molecule has 1 aromatic heterocycles. The molecule has 2 amide bonds. The lowest BCUT2D eigenvalue weighted by molar-refractivity contribution is -0.119. The fraction of sp³-hybridized carbons (Fsp3) is 0.231. The fourth-order valence-corrected chi connectivity index (χ4v) is 4.17. The van der Waals surface area contributed by atoms with Crippen LogP contribution in [-0.2, 0) is 17.8 Å². The van der Waals surface area contributed by atoms with Crippen molar-refractivity contribution in [2.75, 3.05) is 19.6 Å². The van der Waals surface area contributed by atoms with E-state index in [1.807, 2.05) is 0 Å². The third-order valence-electron chi connectivity index (χ3n) is 5.82. The first kappa shape index (κ1) is 24.5. The number of carbonyl (C=O) groups excluding carboxylic acids is 2. The average molecular weight is 494 g/mol. The summed E-state index contributed by atoms with van der Waals surface area (Å²) in [4.78, 5) is 32.9. The maximum Gasteiger partial charge on any atom is 0.251 e. The van der Waals surface area contributed by atoms with Crippen LogP contribution in [0.2, 0.25) is 0 Å². The standard InChI is InChI=1S/C26H25ClFN5O2/c1-15-6-23(27)22-9-18(24(28)10-21(15)22)13-33-26(35)17-4-5-30-20(8-17)7-16-2-3-19(31-12-16)14-32-25(34)11-29/h2,4-6,8-10H,1,3,7,11-14,29H2,(H,32,34)(H,33,35). The van der Waals surface area contributed by atoms with Gasteiger partial charge in [0.2, 0.25) is 5.91 Å². The molecule has 9 heteroatoms. The van der Waals surface area contributed by atoms with Crippen LogP contribution in [0.4, 0.5) is 4.39 Å². The van der Waals surface area contributed by atoms with Crippen molar-refractivity contribution in [2.24, 2.45) is 10.7 Å². The van der Waals surface area contributed by atoms with Gasteiger partial charge in [-0.3, -0.25) is 19.6 Å². The lowest BCUT2D eigenvalue weighted by Crippen LogP contribution is -2.34. The number of hydrogen-bond acceptors (Lipinski definition) is 5. The molecule has 0 saturated heterocycles. The molecule has 2 aromatic rings. The summed E-state index contributed by atoms with van der Waals surface area (Å²) < 4.78 is 14.5. The summed E-state index contributed by atoms with van der Waals surface area (Å²) in [6.45, 7) is 4.74. The normalized spacial score (nSPS) is 14.6. The molecule has 0 radical (unpaired) electrons. The van der Waals surface area contributed by atoms with Crippen molar-refractivity contribution in [3.63, 3.8) is 0 Å². The van der Waals surface area contributed by atoms with Crippen molar-refractivity contribution in [1.29, 1.82) is 0 Å². The van der Waals surface area contributed by atoms with Crippen LogP contribution >= 0.6 is 11.6 Å². The van der Waals surface area contributed by atoms with E-state index in [-0.39, 0.29) is 24.9 Å². The number of carbonyl (C=O) groups is 2. The average Bonchev–Trinajstić information content (AvgIpc) is 3.13. The number of nitrogens with one attached hydrogen (secondary N) is 2. The highest BCUT2D eigenvalue weighted by atomic mass is 35.5. The SMILES string of the molecule is C=C1C=C(Cl)c2cc(CNC(=O)c3ccnc(CC4=CCC(CNC(=O)CN)=NC4)c3)c(F)cc21. The molecule has 0 fully saturated rings. The number of amides is 2. The Labute approximate surface area is 207 Å². The van der Waals surface area contributed by atoms with Crippen molar-refractivity contribution >= 4 is 39.7 Å². The molecule has 35 heavy (non-hydrogen) atoms. The maximum atomic E-state index is 14.5. The molecular formula is C26H25ClFN5O2. The molecule has 0 unspecified atom stereocenters. The van der Waals surface area contributed by atoms with Crippen LogP contribution in [0.1, 0.15) is 39.2 Å². The second kappa shape index (κ2) is 10.8. The fourth-order valence-electron chi connectivity index (χ4n) is 3.89. The van der Waals surface area contributed by atoms with Gasteiger partial charge in [0.15, 0.2) is 0 Å². The van der Waals surface area contributed by atoms with Crippen LogP contribution in [0.3, 0.4) is 0 Å². The molecule has 2 heterocycles. The number of fused-ring (bicyclic) bond motifs is 1. The van der Waals surface area contributed by atoms with Gasteiger partial charge in [0, 0.05) is 58.7 Å². The third-order valence-corrected chi connectivity index (χ3v) is 6.14. The zero-order valence-corrected chi connectivity index (χ0v) is 19.8. The first-order valence-electron chi connectivity index (χ1n) is 11.1. The number of pyridine rings is 1. The number of aliphatic imine (C=N–C) groups is 1. The molecule has 4 N–H and O–H groups in total. The summed E-state index contributed by atoms with van der Waals surface area (Å²) in [6, 6.07) is 6.38. The molecule has 4 rings (SSSR count). The molecule has 0 bridgehead atoms. The molecule has 2 aliphatic rings. The third kappa shape index (κ3) is 5.90. The first-order chi connectivity index (χ1) is 16.8. The minimum absolute atomic E-state index is 0.0234. The van der Waals surface area contributed by atoms with E-state index in [2.05, 4.69) is 33.3 Å². The predicted octanol–water partition coefficient (Wildman–Crippen LogP) is 3.15. The highest BCUT2D eigenvalue weighted by molar-refractivity contribution is 6.51. The summed E-state index contributed by atoms with van der Waals surface area (Å²) in [7, 11) is 0. The van der Waals surface area contributed by atoms with E-state index in [0.29, 0.717) is 58.8 Å². The van der Waals surface area contributed by atoms with Crippen LogP contribution in [0.25, 0.3) is 10.6 Å². The molecule has 0 spiro atoms. The number of benzene rings is 1. The summed E-state index contributed by atoms with van der Waals surface area (Å²) in [5.41, 5.74) is 10.8. The van der Waals surface area contributed by atoms with Crippen LogP contribution in [-0.4, -0.2) is 42.1 Å². The van der Waals surface area contributed by atoms with Gasteiger partial charge in [-0.15, -0.1) is 0 Å². The van der Waals surface area contributed by atoms with Crippen LogP contribution in [0.15, 0.2) is 59.8 Å². The van der Waals surface area contributed by atoms with E-state index in [9.17, 15) is 14.0 Å². The molecule has 180 valence electrons. The Kier molecular flexibility index (Phi) is 7.53. The lowest BCUT2D eigenvalue weighted by Gasteiger charge is -2.14. The minimum Gasteiger partial charge on any atom is -0.350 e. The van der Waals surface area contributed by atoms with Crippen molar-refractivity contribution in [3.05, 3.63) is 88.5 Å². The van der Waals surface area contributed by atoms with Gasteiger partial charge in [-0.25, -0.2) is 4.39 Å². The minimum atomic E-state index is -0.424. The maximum absolute atomic E-state index is 14.5. The molecule has 1 aromatic carbocycles.